The van der Waals surface area contributed by atoms with Crippen molar-refractivity contribution in [2.45, 2.75) is 58.4 Å². The number of carbonyl (C=O) groups is 1. The minimum Gasteiger partial charge on any atom is -0.465 e. The van der Waals surface area contributed by atoms with Crippen LogP contribution in [0.25, 0.3) is 0 Å². The zero-order chi connectivity index (χ0) is 13.0. The lowest BCUT2D eigenvalue weighted by molar-refractivity contribution is -0.151. The first kappa shape index (κ1) is 13.9. The first-order valence-corrected chi connectivity index (χ1v) is 7.63. The molecule has 2 saturated heterocycles. The van der Waals surface area contributed by atoms with Crippen LogP contribution in [0.1, 0.15) is 52.4 Å². The minimum atomic E-state index is -0.00886. The summed E-state index contributed by atoms with van der Waals surface area (Å²) in [4.78, 5) is 14.4. The summed E-state index contributed by atoms with van der Waals surface area (Å²) in [6, 6.07) is 0.678. The molecular weight excluding hydrogens is 226 g/mol. The molecular formula is C15H27NO2. The maximum Gasteiger partial charge on any atom is 0.308 e. The van der Waals surface area contributed by atoms with Crippen molar-refractivity contribution in [3.05, 3.63) is 0 Å². The van der Waals surface area contributed by atoms with E-state index in [0.29, 0.717) is 18.6 Å². The molecule has 0 N–H and O–H groups in total. The summed E-state index contributed by atoms with van der Waals surface area (Å²) < 4.78 is 5.52. The van der Waals surface area contributed by atoms with Crippen LogP contribution in [-0.4, -0.2) is 36.6 Å². The van der Waals surface area contributed by atoms with Crippen molar-refractivity contribution < 1.29 is 9.53 Å². The van der Waals surface area contributed by atoms with Gasteiger partial charge in [0, 0.05) is 12.0 Å². The molecule has 2 fully saturated rings. The number of hydrogen-bond donors (Lipinski definition) is 0. The van der Waals surface area contributed by atoms with Crippen LogP contribution in [0.15, 0.2) is 0 Å². The van der Waals surface area contributed by atoms with E-state index in [4.69, 9.17) is 4.74 Å². The van der Waals surface area contributed by atoms with Crippen molar-refractivity contribution in [1.82, 2.24) is 4.90 Å². The maximum atomic E-state index is 11.7. The van der Waals surface area contributed by atoms with Gasteiger partial charge < -0.3 is 4.74 Å². The smallest absolute Gasteiger partial charge is 0.308 e. The van der Waals surface area contributed by atoms with Crippen molar-refractivity contribution in [1.29, 1.82) is 0 Å². The van der Waals surface area contributed by atoms with Gasteiger partial charge in [-0.05, 0) is 45.2 Å². The molecule has 1 unspecified atom stereocenters. The van der Waals surface area contributed by atoms with Crippen LogP contribution in [0.4, 0.5) is 0 Å². The number of rotatable bonds is 4. The van der Waals surface area contributed by atoms with Gasteiger partial charge in [-0.1, -0.05) is 20.3 Å². The highest BCUT2D eigenvalue weighted by molar-refractivity contribution is 5.71. The molecule has 2 rings (SSSR count). The third-order valence-corrected chi connectivity index (χ3v) is 4.68. The second-order valence-electron chi connectivity index (χ2n) is 5.94. The first-order valence-electron chi connectivity index (χ1n) is 7.63. The van der Waals surface area contributed by atoms with E-state index in [1.807, 2.05) is 13.8 Å². The first-order chi connectivity index (χ1) is 8.72. The zero-order valence-corrected chi connectivity index (χ0v) is 11.9. The number of carbonyl (C=O) groups excluding carboxylic acids is 1. The average molecular weight is 253 g/mol. The summed E-state index contributed by atoms with van der Waals surface area (Å²) in [5, 5.41) is 0. The Hall–Kier alpha value is -0.570. The molecule has 0 aromatic heterocycles. The SMILES string of the molecule is CCC(C)C(=O)OC[C@H]1CCCN2CCCC[C@H]12. The van der Waals surface area contributed by atoms with E-state index in [9.17, 15) is 4.79 Å². The van der Waals surface area contributed by atoms with Gasteiger partial charge in [0.05, 0.1) is 12.5 Å². The van der Waals surface area contributed by atoms with Gasteiger partial charge in [-0.25, -0.2) is 0 Å². The zero-order valence-electron chi connectivity index (χ0n) is 11.9. The summed E-state index contributed by atoms with van der Waals surface area (Å²) in [5.74, 6) is 0.619. The summed E-state index contributed by atoms with van der Waals surface area (Å²) in [6.07, 6.45) is 7.36. The van der Waals surface area contributed by atoms with Gasteiger partial charge in [-0.3, -0.25) is 9.69 Å². The highest BCUT2D eigenvalue weighted by Crippen LogP contribution is 2.31. The minimum absolute atomic E-state index is 0.00886. The van der Waals surface area contributed by atoms with E-state index >= 15 is 0 Å². The molecule has 2 aliphatic heterocycles. The number of ether oxygens (including phenoxy) is 1. The van der Waals surface area contributed by atoms with Gasteiger partial charge in [-0.2, -0.15) is 0 Å². The van der Waals surface area contributed by atoms with Gasteiger partial charge in [-0.15, -0.1) is 0 Å². The molecule has 3 nitrogen and oxygen atoms in total. The third-order valence-electron chi connectivity index (χ3n) is 4.68. The van der Waals surface area contributed by atoms with E-state index in [-0.39, 0.29) is 11.9 Å². The lowest BCUT2D eigenvalue weighted by Gasteiger charge is -2.44. The largest absolute Gasteiger partial charge is 0.465 e. The van der Waals surface area contributed by atoms with Crippen molar-refractivity contribution in [2.24, 2.45) is 11.8 Å². The van der Waals surface area contributed by atoms with Crippen LogP contribution >= 0.6 is 0 Å². The molecule has 0 aromatic carbocycles. The Balaban J connectivity index is 1.82. The molecule has 18 heavy (non-hydrogen) atoms. The molecule has 0 spiro atoms. The summed E-state index contributed by atoms with van der Waals surface area (Å²) in [7, 11) is 0. The molecule has 2 heterocycles. The fourth-order valence-corrected chi connectivity index (χ4v) is 3.27. The van der Waals surface area contributed by atoms with Crippen molar-refractivity contribution in [2.75, 3.05) is 19.7 Å². The van der Waals surface area contributed by atoms with Crippen LogP contribution < -0.4 is 0 Å². The number of hydrogen-bond acceptors (Lipinski definition) is 3. The number of fused-ring (bicyclic) bond motifs is 1. The highest BCUT2D eigenvalue weighted by atomic mass is 16.5. The van der Waals surface area contributed by atoms with Gasteiger partial charge in [0.1, 0.15) is 0 Å². The Bertz CT molecular complexity index is 278. The topological polar surface area (TPSA) is 29.5 Å². The van der Waals surface area contributed by atoms with E-state index in [0.717, 1.165) is 6.42 Å². The van der Waals surface area contributed by atoms with E-state index < -0.39 is 0 Å². The molecule has 3 atom stereocenters. The normalized spacial score (nSPS) is 30.6. The molecule has 2 aliphatic rings. The Morgan fingerprint density at radius 2 is 2.06 bits per heavy atom. The molecule has 0 bridgehead atoms. The number of nitrogens with zero attached hydrogens (tertiary/aromatic N) is 1. The lowest BCUT2D eigenvalue weighted by atomic mass is 9.84. The lowest BCUT2D eigenvalue weighted by Crippen LogP contribution is -2.49. The highest BCUT2D eigenvalue weighted by Gasteiger charge is 2.33. The summed E-state index contributed by atoms with van der Waals surface area (Å²) in [5.41, 5.74) is 0. The summed E-state index contributed by atoms with van der Waals surface area (Å²) >= 11 is 0. The van der Waals surface area contributed by atoms with Crippen LogP contribution in [0.5, 0.6) is 0 Å². The standard InChI is InChI=1S/C15H27NO2/c1-3-12(2)15(17)18-11-13-7-6-10-16-9-5-4-8-14(13)16/h12-14H,3-11H2,1-2H3/t12?,13-,14-/m1/s1. The van der Waals surface area contributed by atoms with Gasteiger partial charge in [0.25, 0.3) is 0 Å². The van der Waals surface area contributed by atoms with Gasteiger partial charge in [0.2, 0.25) is 0 Å². The molecule has 0 amide bonds. The van der Waals surface area contributed by atoms with E-state index in [2.05, 4.69) is 4.90 Å². The Morgan fingerprint density at radius 1 is 1.28 bits per heavy atom. The van der Waals surface area contributed by atoms with Crippen LogP contribution in [0.2, 0.25) is 0 Å². The summed E-state index contributed by atoms with van der Waals surface area (Å²) in [6.45, 7) is 7.14. The van der Waals surface area contributed by atoms with E-state index in [1.165, 1.54) is 45.2 Å². The fraction of sp³-hybridized carbons (Fsp3) is 0.933. The Morgan fingerprint density at radius 3 is 2.83 bits per heavy atom. The second kappa shape index (κ2) is 6.55. The molecule has 104 valence electrons. The monoisotopic (exact) mass is 253 g/mol. The fourth-order valence-electron chi connectivity index (χ4n) is 3.27. The van der Waals surface area contributed by atoms with Crippen molar-refractivity contribution >= 4 is 5.97 Å². The quantitative estimate of drug-likeness (QED) is 0.722. The van der Waals surface area contributed by atoms with Crippen LogP contribution in [0.3, 0.4) is 0 Å². The van der Waals surface area contributed by atoms with Gasteiger partial charge >= 0.3 is 5.97 Å². The average Bonchev–Trinajstić information content (AvgIpc) is 2.43. The predicted molar refractivity (Wildman–Crippen MR) is 72.4 cm³/mol. The number of piperidine rings is 2. The third kappa shape index (κ3) is 3.25. The number of esters is 1. The Kier molecular flexibility index (Phi) is 5.04. The van der Waals surface area contributed by atoms with Crippen LogP contribution in [-0.2, 0) is 9.53 Å². The van der Waals surface area contributed by atoms with E-state index in [1.54, 1.807) is 0 Å². The van der Waals surface area contributed by atoms with Crippen molar-refractivity contribution in [3.63, 3.8) is 0 Å². The second-order valence-corrected chi connectivity index (χ2v) is 5.94. The molecule has 0 radical (unpaired) electrons. The van der Waals surface area contributed by atoms with Crippen molar-refractivity contribution in [3.8, 4) is 0 Å². The Labute approximate surface area is 111 Å². The predicted octanol–water partition coefficient (Wildman–Crippen LogP) is 2.84. The molecule has 0 saturated carbocycles. The maximum absolute atomic E-state index is 11.7. The van der Waals surface area contributed by atoms with Crippen LogP contribution in [0, 0.1) is 11.8 Å². The molecule has 0 aromatic rings. The molecule has 0 aliphatic carbocycles. The van der Waals surface area contributed by atoms with Gasteiger partial charge in [0.15, 0.2) is 0 Å². The molecule has 3 heteroatoms.